The second-order valence-electron chi connectivity index (χ2n) is 2.93. The number of rotatable bonds is 3. The first-order valence-electron chi connectivity index (χ1n) is 4.18. The van der Waals surface area contributed by atoms with Crippen LogP contribution >= 0.6 is 0 Å². The van der Waals surface area contributed by atoms with Crippen LogP contribution in [0.4, 0.5) is 0 Å². The molecule has 0 aromatic heterocycles. The minimum Gasteiger partial charge on any atom is -0.497 e. The first kappa shape index (κ1) is 8.38. The average Bonchev–Trinajstić information content (AvgIpc) is 3.00. The van der Waals surface area contributed by atoms with Crippen LogP contribution in [-0.4, -0.2) is 20.8 Å². The summed E-state index contributed by atoms with van der Waals surface area (Å²) in [6.07, 6.45) is 0.223. The Morgan fingerprint density at radius 2 is 2.08 bits per heavy atom. The predicted octanol–water partition coefficient (Wildman–Crippen LogP) is 1.78. The first-order valence-corrected chi connectivity index (χ1v) is 4.18. The van der Waals surface area contributed by atoms with Crippen LogP contribution < -0.4 is 9.47 Å². The molecule has 0 radical (unpaired) electrons. The van der Waals surface area contributed by atoms with Crippen LogP contribution in [0.5, 0.6) is 11.5 Å². The molecule has 1 aromatic rings. The molecule has 1 aliphatic heterocycles. The van der Waals surface area contributed by atoms with Crippen LogP contribution in [0.15, 0.2) is 18.2 Å². The molecule has 1 fully saturated rings. The lowest BCUT2D eigenvalue weighted by Gasteiger charge is -2.07. The van der Waals surface area contributed by atoms with Crippen molar-refractivity contribution in [3.05, 3.63) is 23.8 Å². The molecule has 3 heteroatoms. The van der Waals surface area contributed by atoms with Gasteiger partial charge < -0.3 is 14.2 Å². The molecule has 0 saturated carbocycles. The van der Waals surface area contributed by atoms with Crippen LogP contribution in [0, 0.1) is 0 Å². The van der Waals surface area contributed by atoms with Crippen molar-refractivity contribution in [2.24, 2.45) is 0 Å². The molecule has 0 N–H and O–H groups in total. The molecule has 1 aliphatic rings. The Morgan fingerprint density at radius 3 is 2.62 bits per heavy atom. The maximum Gasteiger partial charge on any atom is 0.128 e. The van der Waals surface area contributed by atoms with E-state index in [0.717, 1.165) is 23.7 Å². The number of methoxy groups -OCH3 is 2. The van der Waals surface area contributed by atoms with Crippen molar-refractivity contribution >= 4 is 0 Å². The Labute approximate surface area is 77.2 Å². The van der Waals surface area contributed by atoms with Gasteiger partial charge in [0.05, 0.1) is 20.8 Å². The molecule has 70 valence electrons. The van der Waals surface area contributed by atoms with Gasteiger partial charge in [-0.2, -0.15) is 0 Å². The van der Waals surface area contributed by atoms with Crippen molar-refractivity contribution in [1.29, 1.82) is 0 Å². The van der Waals surface area contributed by atoms with Crippen molar-refractivity contribution in [2.75, 3.05) is 20.8 Å². The lowest BCUT2D eigenvalue weighted by Crippen LogP contribution is -1.92. The zero-order valence-electron chi connectivity index (χ0n) is 7.74. The molecule has 0 bridgehead atoms. The highest BCUT2D eigenvalue weighted by Gasteiger charge is 2.28. The van der Waals surface area contributed by atoms with E-state index in [2.05, 4.69) is 0 Å². The highest BCUT2D eigenvalue weighted by molar-refractivity contribution is 5.43. The Morgan fingerprint density at radius 1 is 1.31 bits per heavy atom. The van der Waals surface area contributed by atoms with Crippen molar-refractivity contribution < 1.29 is 14.2 Å². The molecular formula is C10H12O3. The Hall–Kier alpha value is -1.22. The van der Waals surface area contributed by atoms with Gasteiger partial charge in [-0.15, -0.1) is 0 Å². The van der Waals surface area contributed by atoms with Gasteiger partial charge in [0.1, 0.15) is 17.6 Å². The number of epoxide rings is 1. The van der Waals surface area contributed by atoms with E-state index in [4.69, 9.17) is 14.2 Å². The van der Waals surface area contributed by atoms with Gasteiger partial charge in [0, 0.05) is 11.6 Å². The predicted molar refractivity (Wildman–Crippen MR) is 48.2 cm³/mol. The fourth-order valence-corrected chi connectivity index (χ4v) is 1.31. The molecule has 1 heterocycles. The van der Waals surface area contributed by atoms with Gasteiger partial charge >= 0.3 is 0 Å². The normalized spacial score (nSPS) is 19.7. The van der Waals surface area contributed by atoms with E-state index in [9.17, 15) is 0 Å². The fraction of sp³-hybridized carbons (Fsp3) is 0.400. The summed E-state index contributed by atoms with van der Waals surface area (Å²) in [7, 11) is 3.29. The van der Waals surface area contributed by atoms with Crippen LogP contribution in [-0.2, 0) is 4.74 Å². The molecule has 1 saturated heterocycles. The van der Waals surface area contributed by atoms with E-state index in [1.54, 1.807) is 14.2 Å². The highest BCUT2D eigenvalue weighted by Crippen LogP contribution is 2.37. The van der Waals surface area contributed by atoms with Crippen molar-refractivity contribution in [3.8, 4) is 11.5 Å². The topological polar surface area (TPSA) is 31.0 Å². The summed E-state index contributed by atoms with van der Waals surface area (Å²) < 4.78 is 15.5. The molecule has 2 rings (SSSR count). The second kappa shape index (κ2) is 3.26. The highest BCUT2D eigenvalue weighted by atomic mass is 16.6. The van der Waals surface area contributed by atoms with Gasteiger partial charge in [0.15, 0.2) is 0 Å². The molecule has 0 spiro atoms. The SMILES string of the molecule is COc1ccc([C@H]2CO2)c(OC)c1. The second-order valence-corrected chi connectivity index (χ2v) is 2.93. The van der Waals surface area contributed by atoms with Crippen LogP contribution in [0.2, 0.25) is 0 Å². The summed E-state index contributed by atoms with van der Waals surface area (Å²) in [5.41, 5.74) is 1.10. The summed E-state index contributed by atoms with van der Waals surface area (Å²) in [5, 5.41) is 0. The zero-order valence-corrected chi connectivity index (χ0v) is 7.74. The lowest BCUT2D eigenvalue weighted by atomic mass is 10.1. The Kier molecular flexibility index (Phi) is 2.10. The number of hydrogen-bond donors (Lipinski definition) is 0. The monoisotopic (exact) mass is 180 g/mol. The van der Waals surface area contributed by atoms with Crippen LogP contribution in [0.25, 0.3) is 0 Å². The summed E-state index contributed by atoms with van der Waals surface area (Å²) in [4.78, 5) is 0. The van der Waals surface area contributed by atoms with Crippen molar-refractivity contribution in [3.63, 3.8) is 0 Å². The third kappa shape index (κ3) is 1.60. The Balaban J connectivity index is 2.33. The number of benzene rings is 1. The first-order chi connectivity index (χ1) is 6.35. The van der Waals surface area contributed by atoms with Gasteiger partial charge in [-0.3, -0.25) is 0 Å². The van der Waals surface area contributed by atoms with E-state index in [0.29, 0.717) is 0 Å². The van der Waals surface area contributed by atoms with Gasteiger partial charge in [-0.05, 0) is 12.1 Å². The third-order valence-electron chi connectivity index (χ3n) is 2.12. The summed E-state index contributed by atoms with van der Waals surface area (Å²) >= 11 is 0. The molecule has 1 aromatic carbocycles. The van der Waals surface area contributed by atoms with Crippen molar-refractivity contribution in [2.45, 2.75) is 6.10 Å². The minimum absolute atomic E-state index is 0.223. The fourth-order valence-electron chi connectivity index (χ4n) is 1.31. The smallest absolute Gasteiger partial charge is 0.128 e. The lowest BCUT2D eigenvalue weighted by molar-refractivity contribution is 0.375. The molecule has 13 heavy (non-hydrogen) atoms. The van der Waals surface area contributed by atoms with E-state index < -0.39 is 0 Å². The van der Waals surface area contributed by atoms with Gasteiger partial charge in [-0.25, -0.2) is 0 Å². The van der Waals surface area contributed by atoms with Gasteiger partial charge in [0.2, 0.25) is 0 Å². The van der Waals surface area contributed by atoms with Crippen LogP contribution in [0.1, 0.15) is 11.7 Å². The molecule has 0 amide bonds. The summed E-state index contributed by atoms with van der Waals surface area (Å²) in [5.74, 6) is 1.64. The van der Waals surface area contributed by atoms with Gasteiger partial charge in [0.25, 0.3) is 0 Å². The van der Waals surface area contributed by atoms with Gasteiger partial charge in [-0.1, -0.05) is 0 Å². The largest absolute Gasteiger partial charge is 0.497 e. The summed E-state index contributed by atoms with van der Waals surface area (Å²) in [6.45, 7) is 0.794. The van der Waals surface area contributed by atoms with E-state index in [-0.39, 0.29) is 6.10 Å². The maximum atomic E-state index is 5.23. The molecule has 1 atom stereocenters. The van der Waals surface area contributed by atoms with Crippen LogP contribution in [0.3, 0.4) is 0 Å². The average molecular weight is 180 g/mol. The van der Waals surface area contributed by atoms with E-state index >= 15 is 0 Å². The number of ether oxygens (including phenoxy) is 3. The van der Waals surface area contributed by atoms with E-state index in [1.165, 1.54) is 0 Å². The quantitative estimate of drug-likeness (QED) is 0.664. The third-order valence-corrected chi connectivity index (χ3v) is 2.12. The maximum absolute atomic E-state index is 5.23. The molecule has 0 aliphatic carbocycles. The molecular weight excluding hydrogens is 168 g/mol. The number of hydrogen-bond acceptors (Lipinski definition) is 3. The molecule has 0 unspecified atom stereocenters. The minimum atomic E-state index is 0.223. The Bertz CT molecular complexity index is 305. The zero-order chi connectivity index (χ0) is 9.26. The van der Waals surface area contributed by atoms with E-state index in [1.807, 2.05) is 18.2 Å². The molecule has 3 nitrogen and oxygen atoms in total. The van der Waals surface area contributed by atoms with Crippen molar-refractivity contribution in [1.82, 2.24) is 0 Å². The summed E-state index contributed by atoms with van der Waals surface area (Å²) in [6, 6.07) is 5.77. The standard InChI is InChI=1S/C10H12O3/c1-11-7-3-4-8(10-6-13-10)9(5-7)12-2/h3-5,10H,6H2,1-2H3/t10-/m1/s1.